The summed E-state index contributed by atoms with van der Waals surface area (Å²) in [6.07, 6.45) is 1.76. The van der Waals surface area contributed by atoms with Gasteiger partial charge in [0.1, 0.15) is 5.75 Å². The van der Waals surface area contributed by atoms with Crippen LogP contribution in [0.2, 0.25) is 0 Å². The smallest absolute Gasteiger partial charge is 0.311 e. The van der Waals surface area contributed by atoms with Gasteiger partial charge in [0.2, 0.25) is 5.13 Å². The fourth-order valence-corrected chi connectivity index (χ4v) is 2.41. The predicted molar refractivity (Wildman–Crippen MR) is 91.4 cm³/mol. The third-order valence-electron chi connectivity index (χ3n) is 2.70. The van der Waals surface area contributed by atoms with E-state index >= 15 is 0 Å². The van der Waals surface area contributed by atoms with E-state index < -0.39 is 0 Å². The van der Waals surface area contributed by atoms with E-state index in [1.54, 1.807) is 42.8 Å². The molecule has 0 saturated carbocycles. The molecule has 2 rings (SSSR count). The second kappa shape index (κ2) is 8.78. The number of nitrogens with one attached hydrogen (secondary N) is 1. The van der Waals surface area contributed by atoms with Gasteiger partial charge >= 0.3 is 11.9 Å². The molecular formula is C16H17N3O4S. The summed E-state index contributed by atoms with van der Waals surface area (Å²) in [5, 5.41) is 6.45. The van der Waals surface area contributed by atoms with Gasteiger partial charge in [0, 0.05) is 12.3 Å². The summed E-state index contributed by atoms with van der Waals surface area (Å²) in [6.45, 7) is 3.47. The van der Waals surface area contributed by atoms with Gasteiger partial charge in [0.25, 0.3) is 0 Å². The minimum absolute atomic E-state index is 0.146. The number of carbonyl (C=O) groups is 2. The summed E-state index contributed by atoms with van der Waals surface area (Å²) in [4.78, 5) is 26.5. The molecule has 0 aliphatic heterocycles. The third-order valence-corrected chi connectivity index (χ3v) is 3.49. The highest BCUT2D eigenvalue weighted by Gasteiger charge is 2.07. The number of aromatic nitrogens is 1. The first kappa shape index (κ1) is 17.6. The van der Waals surface area contributed by atoms with Crippen molar-refractivity contribution in [2.45, 2.75) is 20.3 Å². The molecule has 0 atom stereocenters. The monoisotopic (exact) mass is 347 g/mol. The van der Waals surface area contributed by atoms with Crippen molar-refractivity contribution < 1.29 is 19.1 Å². The van der Waals surface area contributed by atoms with Crippen molar-refractivity contribution in [3.63, 3.8) is 0 Å². The standard InChI is InChI=1S/C16H17N3O4S/c1-3-22-15(21)8-13-10-24-16(18-13)19-17-9-12-4-6-14(7-5-12)23-11(2)20/h4-7,9-10H,3,8H2,1-2H3,(H,18,19). The van der Waals surface area contributed by atoms with Gasteiger partial charge in [-0.3, -0.25) is 15.0 Å². The van der Waals surface area contributed by atoms with Crippen molar-refractivity contribution in [3.8, 4) is 5.75 Å². The van der Waals surface area contributed by atoms with Gasteiger partial charge in [-0.25, -0.2) is 4.98 Å². The maximum Gasteiger partial charge on any atom is 0.311 e. The Balaban J connectivity index is 1.86. The molecule has 0 spiro atoms. The molecule has 0 bridgehead atoms. The van der Waals surface area contributed by atoms with Crippen LogP contribution in [0.4, 0.5) is 5.13 Å². The van der Waals surface area contributed by atoms with E-state index in [1.165, 1.54) is 18.3 Å². The van der Waals surface area contributed by atoms with Crippen LogP contribution < -0.4 is 10.2 Å². The van der Waals surface area contributed by atoms with Crippen LogP contribution in [0.5, 0.6) is 5.75 Å². The maximum absolute atomic E-state index is 11.4. The summed E-state index contributed by atoms with van der Waals surface area (Å²) >= 11 is 1.35. The first-order chi connectivity index (χ1) is 11.6. The highest BCUT2D eigenvalue weighted by atomic mass is 32.1. The first-order valence-electron chi connectivity index (χ1n) is 7.24. The lowest BCUT2D eigenvalue weighted by atomic mass is 10.2. The number of benzene rings is 1. The Morgan fingerprint density at radius 3 is 2.75 bits per heavy atom. The van der Waals surface area contributed by atoms with Crippen LogP contribution >= 0.6 is 11.3 Å². The van der Waals surface area contributed by atoms with E-state index in [4.69, 9.17) is 9.47 Å². The number of ether oxygens (including phenoxy) is 2. The molecule has 0 aliphatic carbocycles. The average Bonchev–Trinajstić information content (AvgIpc) is 2.96. The van der Waals surface area contributed by atoms with Crippen molar-refractivity contribution in [2.75, 3.05) is 12.0 Å². The Labute approximate surface area is 143 Å². The zero-order valence-electron chi connectivity index (χ0n) is 13.3. The van der Waals surface area contributed by atoms with Gasteiger partial charge in [-0.1, -0.05) is 0 Å². The fourth-order valence-electron chi connectivity index (χ4n) is 1.75. The molecule has 0 aliphatic rings. The molecule has 2 aromatic rings. The lowest BCUT2D eigenvalue weighted by Gasteiger charge is -2.00. The lowest BCUT2D eigenvalue weighted by molar-refractivity contribution is -0.142. The zero-order chi connectivity index (χ0) is 17.4. The average molecular weight is 347 g/mol. The van der Waals surface area contributed by atoms with Crippen molar-refractivity contribution >= 4 is 34.6 Å². The molecule has 0 amide bonds. The van der Waals surface area contributed by atoms with E-state index in [9.17, 15) is 9.59 Å². The molecule has 1 heterocycles. The zero-order valence-corrected chi connectivity index (χ0v) is 14.1. The molecular weight excluding hydrogens is 330 g/mol. The summed E-state index contributed by atoms with van der Waals surface area (Å²) in [5.74, 6) is -0.178. The summed E-state index contributed by atoms with van der Waals surface area (Å²) in [7, 11) is 0. The Morgan fingerprint density at radius 2 is 2.08 bits per heavy atom. The summed E-state index contributed by atoms with van der Waals surface area (Å²) in [5.41, 5.74) is 4.28. The van der Waals surface area contributed by atoms with E-state index in [-0.39, 0.29) is 18.4 Å². The van der Waals surface area contributed by atoms with Crippen molar-refractivity contribution in [1.29, 1.82) is 0 Å². The van der Waals surface area contributed by atoms with Crippen LogP contribution in [-0.4, -0.2) is 29.7 Å². The summed E-state index contributed by atoms with van der Waals surface area (Å²) < 4.78 is 9.82. The van der Waals surface area contributed by atoms with E-state index in [2.05, 4.69) is 15.5 Å². The first-order valence-corrected chi connectivity index (χ1v) is 8.12. The number of rotatable bonds is 7. The highest BCUT2D eigenvalue weighted by Crippen LogP contribution is 2.16. The number of nitrogens with zero attached hydrogens (tertiary/aromatic N) is 2. The minimum atomic E-state index is -0.361. The Morgan fingerprint density at radius 1 is 1.33 bits per heavy atom. The van der Waals surface area contributed by atoms with Gasteiger partial charge in [0.15, 0.2) is 0 Å². The Kier molecular flexibility index (Phi) is 6.44. The molecule has 0 saturated heterocycles. The van der Waals surface area contributed by atoms with Gasteiger partial charge in [-0.15, -0.1) is 11.3 Å². The van der Waals surface area contributed by atoms with E-state index in [0.29, 0.717) is 23.2 Å². The van der Waals surface area contributed by atoms with Gasteiger partial charge < -0.3 is 9.47 Å². The highest BCUT2D eigenvalue weighted by molar-refractivity contribution is 7.13. The second-order valence-corrected chi connectivity index (χ2v) is 5.52. The molecule has 0 fully saturated rings. The van der Waals surface area contributed by atoms with Crippen LogP contribution in [0.25, 0.3) is 0 Å². The minimum Gasteiger partial charge on any atom is -0.466 e. The van der Waals surface area contributed by atoms with Gasteiger partial charge in [0.05, 0.1) is 24.9 Å². The van der Waals surface area contributed by atoms with E-state index in [1.807, 2.05) is 0 Å². The predicted octanol–water partition coefficient (Wildman–Crippen LogP) is 2.62. The molecule has 1 N–H and O–H groups in total. The van der Waals surface area contributed by atoms with Crippen molar-refractivity contribution in [3.05, 3.63) is 40.9 Å². The van der Waals surface area contributed by atoms with E-state index in [0.717, 1.165) is 5.56 Å². The molecule has 0 radical (unpaired) electrons. The number of esters is 2. The molecule has 126 valence electrons. The number of thiazole rings is 1. The third kappa shape index (κ3) is 5.81. The quantitative estimate of drug-likeness (QED) is 0.358. The van der Waals surface area contributed by atoms with Crippen LogP contribution in [0.15, 0.2) is 34.7 Å². The fraction of sp³-hybridized carbons (Fsp3) is 0.250. The molecule has 8 heteroatoms. The van der Waals surface area contributed by atoms with Crippen molar-refractivity contribution in [1.82, 2.24) is 4.98 Å². The molecule has 1 aromatic heterocycles. The topological polar surface area (TPSA) is 89.9 Å². The SMILES string of the molecule is CCOC(=O)Cc1csc(NN=Cc2ccc(OC(C)=O)cc2)n1. The number of carbonyl (C=O) groups excluding carboxylic acids is 2. The maximum atomic E-state index is 11.4. The Hall–Kier alpha value is -2.74. The number of hydrogen-bond donors (Lipinski definition) is 1. The lowest BCUT2D eigenvalue weighted by Crippen LogP contribution is -2.07. The number of hydrogen-bond acceptors (Lipinski definition) is 8. The number of anilines is 1. The normalized spacial score (nSPS) is 10.6. The molecule has 1 aromatic carbocycles. The molecule has 0 unspecified atom stereocenters. The summed E-state index contributed by atoms with van der Waals surface area (Å²) in [6, 6.07) is 6.92. The van der Waals surface area contributed by atoms with Crippen LogP contribution in [0, 0.1) is 0 Å². The van der Waals surface area contributed by atoms with Crippen molar-refractivity contribution in [2.24, 2.45) is 5.10 Å². The second-order valence-electron chi connectivity index (χ2n) is 4.66. The van der Waals surface area contributed by atoms with Crippen LogP contribution in [0.1, 0.15) is 25.1 Å². The Bertz CT molecular complexity index is 725. The number of hydrazone groups is 1. The molecule has 7 nitrogen and oxygen atoms in total. The molecule has 24 heavy (non-hydrogen) atoms. The van der Waals surface area contributed by atoms with Crippen LogP contribution in [0.3, 0.4) is 0 Å². The van der Waals surface area contributed by atoms with Gasteiger partial charge in [-0.2, -0.15) is 5.10 Å². The largest absolute Gasteiger partial charge is 0.466 e. The van der Waals surface area contributed by atoms with Gasteiger partial charge in [-0.05, 0) is 36.8 Å². The van der Waals surface area contributed by atoms with Crippen LogP contribution in [-0.2, 0) is 20.7 Å².